The Hall–Kier alpha value is -3.84. The minimum absolute atomic E-state index is 0.201. The molecule has 4 rings (SSSR count). The Labute approximate surface area is 189 Å². The lowest BCUT2D eigenvalue weighted by molar-refractivity contribution is 0.0940. The van der Waals surface area contributed by atoms with Gasteiger partial charge in [-0.05, 0) is 30.5 Å². The average molecular weight is 444 g/mol. The van der Waals surface area contributed by atoms with Crippen LogP contribution in [0.2, 0.25) is 0 Å². The van der Waals surface area contributed by atoms with E-state index in [0.29, 0.717) is 22.4 Å². The highest BCUT2D eigenvalue weighted by Crippen LogP contribution is 2.21. The van der Waals surface area contributed by atoms with Crippen LogP contribution in [0.5, 0.6) is 0 Å². The van der Waals surface area contributed by atoms with Gasteiger partial charge in [-0.15, -0.1) is 11.3 Å². The summed E-state index contributed by atoms with van der Waals surface area (Å²) in [5, 5.41) is 9.13. The molecule has 0 fully saturated rings. The summed E-state index contributed by atoms with van der Waals surface area (Å²) in [6, 6.07) is 21.0. The van der Waals surface area contributed by atoms with Crippen molar-refractivity contribution in [1.82, 2.24) is 15.1 Å². The maximum atomic E-state index is 12.9. The molecule has 0 saturated heterocycles. The number of hydrogen-bond acceptors (Lipinski definition) is 5. The van der Waals surface area contributed by atoms with Gasteiger partial charge in [0.05, 0.1) is 17.0 Å². The number of carbonyl (C=O) groups excluding carboxylic acids is 2. The third-order valence-corrected chi connectivity index (χ3v) is 5.87. The second-order valence-electron chi connectivity index (χ2n) is 7.25. The topological polar surface area (TPSA) is 81.1 Å². The molecule has 2 aromatic heterocycles. The van der Waals surface area contributed by atoms with Crippen molar-refractivity contribution in [2.24, 2.45) is 0 Å². The fraction of sp³-hybridized carbons (Fsp3) is 0.120. The largest absolute Gasteiger partial charge is 0.350 e. The van der Waals surface area contributed by atoms with Gasteiger partial charge in [0, 0.05) is 23.7 Å². The van der Waals surface area contributed by atoms with Gasteiger partial charge in [-0.25, -0.2) is 4.68 Å². The van der Waals surface area contributed by atoms with Gasteiger partial charge in [-0.1, -0.05) is 54.1 Å². The van der Waals surface area contributed by atoms with Crippen LogP contribution in [-0.4, -0.2) is 28.0 Å². The lowest BCUT2D eigenvalue weighted by atomic mass is 9.97. The summed E-state index contributed by atoms with van der Waals surface area (Å²) in [6.45, 7) is 2.37. The minimum atomic E-state index is -0.372. The van der Waals surface area contributed by atoms with Gasteiger partial charge in [0.1, 0.15) is 5.69 Å². The Morgan fingerprint density at radius 3 is 2.41 bits per heavy atom. The van der Waals surface area contributed by atoms with Crippen LogP contribution in [0.4, 0.5) is 0 Å². The molecule has 1 N–H and O–H groups in total. The van der Waals surface area contributed by atoms with E-state index in [1.165, 1.54) is 10.7 Å². The molecule has 7 heteroatoms. The molecular formula is C25H21N3O3S. The van der Waals surface area contributed by atoms with E-state index >= 15 is 0 Å². The molecule has 32 heavy (non-hydrogen) atoms. The van der Waals surface area contributed by atoms with Crippen molar-refractivity contribution in [1.29, 1.82) is 0 Å². The third-order valence-electron chi connectivity index (χ3n) is 4.98. The molecule has 0 unspecified atom stereocenters. The van der Waals surface area contributed by atoms with E-state index in [1.807, 2.05) is 36.6 Å². The highest BCUT2D eigenvalue weighted by Gasteiger charge is 2.18. The Morgan fingerprint density at radius 2 is 1.69 bits per heavy atom. The summed E-state index contributed by atoms with van der Waals surface area (Å²) in [5.74, 6) is -0.583. The first kappa shape index (κ1) is 21.4. The van der Waals surface area contributed by atoms with E-state index in [1.54, 1.807) is 53.8 Å². The number of aryl methyl sites for hydroxylation is 1. The number of amides is 1. The molecule has 6 nitrogen and oxygen atoms in total. The highest BCUT2D eigenvalue weighted by atomic mass is 32.1. The Balaban J connectivity index is 1.47. The molecule has 0 aliphatic carbocycles. The van der Waals surface area contributed by atoms with Crippen LogP contribution in [0.15, 0.2) is 83.0 Å². The lowest BCUT2D eigenvalue weighted by Gasteiger charge is -2.11. The number of nitrogens with zero attached hydrogens (tertiary/aromatic N) is 2. The number of ketones is 1. The van der Waals surface area contributed by atoms with Gasteiger partial charge in [0.15, 0.2) is 5.78 Å². The van der Waals surface area contributed by atoms with Gasteiger partial charge in [-0.3, -0.25) is 14.4 Å². The number of aromatic nitrogens is 2. The van der Waals surface area contributed by atoms with Crippen molar-refractivity contribution in [3.8, 4) is 10.6 Å². The second kappa shape index (κ2) is 9.53. The van der Waals surface area contributed by atoms with Gasteiger partial charge >= 0.3 is 0 Å². The standard InChI is InChI=1S/C25H21N3O3S/c1-17-8-10-18(11-9-17)24(30)19-5-2-3-6-20(19)25(31)26-14-15-28-23(29)13-12-21(27-28)22-7-4-16-32-22/h2-13,16H,14-15H2,1H3,(H,26,31). The van der Waals surface area contributed by atoms with E-state index in [-0.39, 0.29) is 30.3 Å². The number of benzene rings is 2. The van der Waals surface area contributed by atoms with Gasteiger partial charge in [0.2, 0.25) is 0 Å². The summed E-state index contributed by atoms with van der Waals surface area (Å²) in [7, 11) is 0. The minimum Gasteiger partial charge on any atom is -0.350 e. The molecular weight excluding hydrogens is 422 g/mol. The normalized spacial score (nSPS) is 10.7. The van der Waals surface area contributed by atoms with Crippen LogP contribution in [-0.2, 0) is 6.54 Å². The number of thiophene rings is 1. The molecule has 2 aromatic carbocycles. The summed E-state index contributed by atoms with van der Waals surface area (Å²) < 4.78 is 1.33. The van der Waals surface area contributed by atoms with Crippen molar-refractivity contribution in [2.45, 2.75) is 13.5 Å². The predicted molar refractivity (Wildman–Crippen MR) is 125 cm³/mol. The second-order valence-corrected chi connectivity index (χ2v) is 8.20. The zero-order valence-electron chi connectivity index (χ0n) is 17.4. The molecule has 160 valence electrons. The molecule has 0 aliphatic heterocycles. The number of nitrogens with one attached hydrogen (secondary N) is 1. The molecule has 0 bridgehead atoms. The van der Waals surface area contributed by atoms with Crippen molar-refractivity contribution < 1.29 is 9.59 Å². The molecule has 0 spiro atoms. The van der Waals surface area contributed by atoms with Gasteiger partial charge in [0.25, 0.3) is 11.5 Å². The van der Waals surface area contributed by atoms with Crippen LogP contribution in [0.1, 0.15) is 31.8 Å². The Kier molecular flexibility index (Phi) is 6.37. The van der Waals surface area contributed by atoms with E-state index in [0.717, 1.165) is 10.4 Å². The summed E-state index contributed by atoms with van der Waals surface area (Å²) >= 11 is 1.54. The number of hydrogen-bond donors (Lipinski definition) is 1. The first-order chi connectivity index (χ1) is 15.5. The van der Waals surface area contributed by atoms with Crippen molar-refractivity contribution in [3.63, 3.8) is 0 Å². The summed E-state index contributed by atoms with van der Waals surface area (Å²) in [5.41, 5.74) is 2.68. The average Bonchev–Trinajstić information content (AvgIpc) is 3.35. The van der Waals surface area contributed by atoms with Crippen molar-refractivity contribution >= 4 is 23.0 Å². The fourth-order valence-corrected chi connectivity index (χ4v) is 3.97. The van der Waals surface area contributed by atoms with E-state index < -0.39 is 0 Å². The summed E-state index contributed by atoms with van der Waals surface area (Å²) in [6.07, 6.45) is 0. The third kappa shape index (κ3) is 4.73. The maximum absolute atomic E-state index is 12.9. The van der Waals surface area contributed by atoms with E-state index in [4.69, 9.17) is 0 Å². The van der Waals surface area contributed by atoms with Crippen LogP contribution in [0.3, 0.4) is 0 Å². The van der Waals surface area contributed by atoms with E-state index in [9.17, 15) is 14.4 Å². The summed E-state index contributed by atoms with van der Waals surface area (Å²) in [4.78, 5) is 38.9. The maximum Gasteiger partial charge on any atom is 0.266 e. The van der Waals surface area contributed by atoms with Gasteiger partial charge < -0.3 is 5.32 Å². The van der Waals surface area contributed by atoms with Crippen LogP contribution >= 0.6 is 11.3 Å². The van der Waals surface area contributed by atoms with Crippen LogP contribution in [0.25, 0.3) is 10.6 Å². The first-order valence-electron chi connectivity index (χ1n) is 10.1. The monoisotopic (exact) mass is 443 g/mol. The van der Waals surface area contributed by atoms with Gasteiger partial charge in [-0.2, -0.15) is 5.10 Å². The fourth-order valence-electron chi connectivity index (χ4n) is 3.27. The molecule has 2 heterocycles. The quantitative estimate of drug-likeness (QED) is 0.439. The SMILES string of the molecule is Cc1ccc(C(=O)c2ccccc2C(=O)NCCn2nc(-c3cccs3)ccc2=O)cc1. The van der Waals surface area contributed by atoms with Crippen molar-refractivity contribution in [2.75, 3.05) is 6.54 Å². The lowest BCUT2D eigenvalue weighted by Crippen LogP contribution is -2.32. The first-order valence-corrected chi connectivity index (χ1v) is 11.0. The van der Waals surface area contributed by atoms with Crippen LogP contribution in [0, 0.1) is 6.92 Å². The molecule has 0 saturated carbocycles. The van der Waals surface area contributed by atoms with Crippen LogP contribution < -0.4 is 10.9 Å². The van der Waals surface area contributed by atoms with Crippen molar-refractivity contribution in [3.05, 3.63) is 111 Å². The number of rotatable bonds is 7. The molecule has 0 atom stereocenters. The molecule has 1 amide bonds. The number of carbonyl (C=O) groups is 2. The molecule has 0 radical (unpaired) electrons. The van der Waals surface area contributed by atoms with E-state index in [2.05, 4.69) is 10.4 Å². The zero-order valence-corrected chi connectivity index (χ0v) is 18.3. The predicted octanol–water partition coefficient (Wildman–Crippen LogP) is 3.94. The smallest absolute Gasteiger partial charge is 0.266 e. The Bertz CT molecular complexity index is 1310. The molecule has 0 aliphatic rings. The Morgan fingerprint density at radius 1 is 0.938 bits per heavy atom. The molecule has 4 aromatic rings. The zero-order chi connectivity index (χ0) is 22.5. The highest BCUT2D eigenvalue weighted by molar-refractivity contribution is 7.13.